The third-order valence-electron chi connectivity index (χ3n) is 4.09. The van der Waals surface area contributed by atoms with Gasteiger partial charge in [-0.25, -0.2) is 13.1 Å². The van der Waals surface area contributed by atoms with Gasteiger partial charge in [-0.1, -0.05) is 40.2 Å². The van der Waals surface area contributed by atoms with Crippen molar-refractivity contribution in [2.75, 3.05) is 0 Å². The molecule has 4 nitrogen and oxygen atoms in total. The molecule has 0 spiro atoms. The van der Waals surface area contributed by atoms with Crippen LogP contribution in [0.4, 0.5) is 13.2 Å². The van der Waals surface area contributed by atoms with E-state index in [0.29, 0.717) is 6.42 Å². The number of ether oxygens (including phenoxy) is 1. The minimum absolute atomic E-state index is 0.277. The zero-order valence-corrected chi connectivity index (χ0v) is 15.8. The van der Waals surface area contributed by atoms with E-state index in [1.165, 1.54) is 6.07 Å². The summed E-state index contributed by atoms with van der Waals surface area (Å²) in [6.45, 7) is 0. The van der Waals surface area contributed by atoms with Crippen molar-refractivity contribution in [3.63, 3.8) is 0 Å². The lowest BCUT2D eigenvalue weighted by atomic mass is 9.88. The molecule has 1 aliphatic rings. The molecule has 0 saturated carbocycles. The van der Waals surface area contributed by atoms with Gasteiger partial charge in [0.05, 0.1) is 0 Å². The maximum absolute atomic E-state index is 12.8. The van der Waals surface area contributed by atoms with E-state index < -0.39 is 33.1 Å². The van der Waals surface area contributed by atoms with Crippen LogP contribution in [0.2, 0.25) is 0 Å². The van der Waals surface area contributed by atoms with Crippen molar-refractivity contribution in [1.29, 1.82) is 0 Å². The number of hydrogen-bond acceptors (Lipinski definition) is 3. The van der Waals surface area contributed by atoms with Gasteiger partial charge in [-0.05, 0) is 48.6 Å². The Morgan fingerprint density at radius 3 is 2.62 bits per heavy atom. The Morgan fingerprint density at radius 2 is 1.88 bits per heavy atom. The van der Waals surface area contributed by atoms with Crippen LogP contribution >= 0.6 is 15.9 Å². The summed E-state index contributed by atoms with van der Waals surface area (Å²) in [7, 11) is -4.22. The number of benzene rings is 2. The molecule has 0 bridgehead atoms. The van der Waals surface area contributed by atoms with Gasteiger partial charge in [-0.15, -0.1) is 13.2 Å². The van der Waals surface area contributed by atoms with Gasteiger partial charge in [0.15, 0.2) is 5.75 Å². The third kappa shape index (κ3) is 4.39. The van der Waals surface area contributed by atoms with E-state index >= 15 is 0 Å². The summed E-state index contributed by atoms with van der Waals surface area (Å²) >= 11 is 3.03. The van der Waals surface area contributed by atoms with Crippen LogP contribution in [0, 0.1) is 0 Å². The van der Waals surface area contributed by atoms with E-state index in [2.05, 4.69) is 25.4 Å². The largest absolute Gasteiger partial charge is 0.573 e. The fourth-order valence-electron chi connectivity index (χ4n) is 3.04. The van der Waals surface area contributed by atoms with Crippen molar-refractivity contribution in [1.82, 2.24) is 4.72 Å². The van der Waals surface area contributed by atoms with Gasteiger partial charge in [0.1, 0.15) is 4.90 Å². The highest BCUT2D eigenvalue weighted by Crippen LogP contribution is 2.35. The van der Waals surface area contributed by atoms with E-state index in [1.807, 2.05) is 24.3 Å². The molecule has 26 heavy (non-hydrogen) atoms. The van der Waals surface area contributed by atoms with Crippen LogP contribution in [0.3, 0.4) is 0 Å². The molecule has 2 aromatic carbocycles. The number of aryl methyl sites for hydroxylation is 1. The summed E-state index contributed by atoms with van der Waals surface area (Å²) in [6.07, 6.45) is -2.80. The second kappa shape index (κ2) is 7.21. The number of fused-ring (bicyclic) bond motifs is 1. The fourth-order valence-corrected chi connectivity index (χ4v) is 4.73. The van der Waals surface area contributed by atoms with Crippen LogP contribution in [0.25, 0.3) is 0 Å². The van der Waals surface area contributed by atoms with Crippen LogP contribution in [0.15, 0.2) is 51.8 Å². The zero-order valence-electron chi connectivity index (χ0n) is 13.4. The summed E-state index contributed by atoms with van der Waals surface area (Å²) in [5.41, 5.74) is 1.88. The molecule has 1 atom stereocenters. The van der Waals surface area contributed by atoms with E-state index in [1.54, 1.807) is 0 Å². The zero-order chi connectivity index (χ0) is 18.9. The van der Waals surface area contributed by atoms with E-state index in [4.69, 9.17) is 0 Å². The summed E-state index contributed by atoms with van der Waals surface area (Å²) in [4.78, 5) is -0.555. The maximum atomic E-state index is 12.8. The molecule has 0 aliphatic heterocycles. The van der Waals surface area contributed by atoms with Crippen LogP contribution in [0.1, 0.15) is 30.0 Å². The Bertz CT molecular complexity index is 916. The highest BCUT2D eigenvalue weighted by Gasteiger charge is 2.35. The predicted molar refractivity (Wildman–Crippen MR) is 93.3 cm³/mol. The number of nitrogens with one attached hydrogen (secondary N) is 1. The van der Waals surface area contributed by atoms with Gasteiger partial charge in [0.25, 0.3) is 0 Å². The monoisotopic (exact) mass is 449 g/mol. The molecular weight excluding hydrogens is 435 g/mol. The number of alkyl halides is 3. The molecule has 0 fully saturated rings. The summed E-state index contributed by atoms with van der Waals surface area (Å²) < 4.78 is 70.2. The van der Waals surface area contributed by atoms with Gasteiger partial charge in [-0.2, -0.15) is 0 Å². The van der Waals surface area contributed by atoms with Crippen molar-refractivity contribution in [2.24, 2.45) is 0 Å². The van der Waals surface area contributed by atoms with E-state index in [0.717, 1.165) is 36.1 Å². The first-order valence-electron chi connectivity index (χ1n) is 7.81. The number of halogens is 4. The van der Waals surface area contributed by atoms with E-state index in [-0.39, 0.29) is 4.47 Å². The van der Waals surface area contributed by atoms with Gasteiger partial charge in [0.2, 0.25) is 10.0 Å². The highest BCUT2D eigenvalue weighted by molar-refractivity contribution is 9.10. The molecule has 1 aliphatic carbocycles. The molecule has 9 heteroatoms. The Hall–Kier alpha value is -1.58. The Kier molecular flexibility index (Phi) is 5.32. The van der Waals surface area contributed by atoms with Crippen molar-refractivity contribution in [3.05, 3.63) is 58.1 Å². The third-order valence-corrected chi connectivity index (χ3v) is 6.09. The predicted octanol–water partition coefficient (Wildman–Crippen LogP) is 4.70. The molecular formula is C17H15BrF3NO3S. The Balaban J connectivity index is 1.95. The topological polar surface area (TPSA) is 55.4 Å². The van der Waals surface area contributed by atoms with Crippen LogP contribution in [0.5, 0.6) is 5.75 Å². The average molecular weight is 450 g/mol. The molecule has 1 N–H and O–H groups in total. The Morgan fingerprint density at radius 1 is 1.15 bits per heavy atom. The smallest absolute Gasteiger partial charge is 0.404 e. The van der Waals surface area contributed by atoms with Gasteiger partial charge < -0.3 is 4.74 Å². The van der Waals surface area contributed by atoms with Gasteiger partial charge in [0, 0.05) is 10.5 Å². The fraction of sp³-hybridized carbons (Fsp3) is 0.294. The minimum atomic E-state index is -5.00. The Labute approximate surface area is 157 Å². The normalized spacial score (nSPS) is 17.6. The molecule has 3 rings (SSSR count). The number of rotatable bonds is 4. The second-order valence-electron chi connectivity index (χ2n) is 5.90. The second-order valence-corrected chi connectivity index (χ2v) is 8.50. The lowest BCUT2D eigenvalue weighted by molar-refractivity contribution is -0.275. The highest BCUT2D eigenvalue weighted by atomic mass is 79.9. The van der Waals surface area contributed by atoms with Crippen molar-refractivity contribution >= 4 is 26.0 Å². The van der Waals surface area contributed by atoms with Crippen LogP contribution in [-0.2, 0) is 16.4 Å². The average Bonchev–Trinajstić information content (AvgIpc) is 2.53. The lowest BCUT2D eigenvalue weighted by Gasteiger charge is -2.26. The summed E-state index contributed by atoms with van der Waals surface area (Å²) in [6, 6.07) is 10.4. The molecule has 2 aromatic rings. The maximum Gasteiger partial charge on any atom is 0.573 e. The van der Waals surface area contributed by atoms with Crippen molar-refractivity contribution < 1.29 is 26.3 Å². The lowest BCUT2D eigenvalue weighted by Crippen LogP contribution is -2.31. The van der Waals surface area contributed by atoms with Gasteiger partial charge in [-0.3, -0.25) is 0 Å². The number of hydrogen-bond donors (Lipinski definition) is 1. The molecule has 0 radical (unpaired) electrons. The minimum Gasteiger partial charge on any atom is -0.404 e. The molecule has 1 unspecified atom stereocenters. The molecule has 140 valence electrons. The SMILES string of the molecule is O=S(=O)(NC1CCCc2ccccc21)c1ccc(Br)cc1OC(F)(F)F. The molecule has 0 saturated heterocycles. The first kappa shape index (κ1) is 19.2. The number of sulfonamides is 1. The summed E-state index contributed by atoms with van der Waals surface area (Å²) in [5, 5.41) is 0. The first-order valence-corrected chi connectivity index (χ1v) is 10.1. The van der Waals surface area contributed by atoms with Crippen molar-refractivity contribution in [2.45, 2.75) is 36.6 Å². The molecule has 0 aromatic heterocycles. The van der Waals surface area contributed by atoms with Crippen LogP contribution in [-0.4, -0.2) is 14.8 Å². The standard InChI is InChI=1S/C17H15BrF3NO3S/c18-12-8-9-16(15(10-12)25-17(19,20)21)26(23,24)22-14-7-3-5-11-4-1-2-6-13(11)14/h1-2,4,6,8-10,14,22H,3,5,7H2. The van der Waals surface area contributed by atoms with Crippen LogP contribution < -0.4 is 9.46 Å². The van der Waals surface area contributed by atoms with Gasteiger partial charge >= 0.3 is 6.36 Å². The van der Waals surface area contributed by atoms with Crippen molar-refractivity contribution in [3.8, 4) is 5.75 Å². The molecule has 0 amide bonds. The quantitative estimate of drug-likeness (QED) is 0.735. The summed E-state index contributed by atoms with van der Waals surface area (Å²) in [5.74, 6) is -0.775. The molecule has 0 heterocycles. The van der Waals surface area contributed by atoms with E-state index in [9.17, 15) is 21.6 Å². The first-order chi connectivity index (χ1) is 12.2.